The highest BCUT2D eigenvalue weighted by atomic mass is 16.3. The maximum Gasteiger partial charge on any atom is 0.257 e. The summed E-state index contributed by atoms with van der Waals surface area (Å²) in [5.41, 5.74) is 2.60. The topological polar surface area (TPSA) is 61.7 Å². The Kier molecular flexibility index (Phi) is 4.24. The second kappa shape index (κ2) is 6.48. The first-order chi connectivity index (χ1) is 11.1. The third-order valence-electron chi connectivity index (χ3n) is 3.82. The molecule has 0 bridgehead atoms. The van der Waals surface area contributed by atoms with Crippen LogP contribution < -0.4 is 5.32 Å². The van der Waals surface area contributed by atoms with Gasteiger partial charge in [0.15, 0.2) is 0 Å². The van der Waals surface area contributed by atoms with E-state index >= 15 is 0 Å². The molecule has 2 N–H and O–H groups in total. The molecule has 0 saturated heterocycles. The predicted octanol–water partition coefficient (Wildman–Crippen LogP) is 3.33. The summed E-state index contributed by atoms with van der Waals surface area (Å²) in [6, 6.07) is 18.8. The lowest BCUT2D eigenvalue weighted by molar-refractivity contribution is -0.116. The van der Waals surface area contributed by atoms with Crippen molar-refractivity contribution >= 4 is 17.3 Å². The SMILES string of the molecule is CC(=Nc1ccccc1)C1=C(O)[C@H](Cc2ccccc2)NC1=O. The molecule has 23 heavy (non-hydrogen) atoms. The smallest absolute Gasteiger partial charge is 0.257 e. The molecular formula is C19H18N2O2. The monoisotopic (exact) mass is 306 g/mol. The van der Waals surface area contributed by atoms with Crippen molar-refractivity contribution in [2.75, 3.05) is 0 Å². The van der Waals surface area contributed by atoms with Gasteiger partial charge in [0, 0.05) is 0 Å². The van der Waals surface area contributed by atoms with E-state index in [1.807, 2.05) is 60.7 Å². The maximum absolute atomic E-state index is 12.2. The summed E-state index contributed by atoms with van der Waals surface area (Å²) in [7, 11) is 0. The Morgan fingerprint density at radius 3 is 2.35 bits per heavy atom. The van der Waals surface area contributed by atoms with Gasteiger partial charge in [-0.25, -0.2) is 0 Å². The molecule has 0 radical (unpaired) electrons. The van der Waals surface area contributed by atoms with Gasteiger partial charge in [-0.3, -0.25) is 9.79 Å². The zero-order valence-electron chi connectivity index (χ0n) is 12.9. The molecule has 1 aliphatic heterocycles. The molecule has 2 aromatic rings. The Morgan fingerprint density at radius 1 is 1.09 bits per heavy atom. The summed E-state index contributed by atoms with van der Waals surface area (Å²) < 4.78 is 0. The maximum atomic E-state index is 12.2. The fourth-order valence-corrected chi connectivity index (χ4v) is 2.69. The predicted molar refractivity (Wildman–Crippen MR) is 90.9 cm³/mol. The van der Waals surface area contributed by atoms with Crippen LogP contribution in [0.4, 0.5) is 5.69 Å². The number of nitrogens with zero attached hydrogens (tertiary/aromatic N) is 1. The molecule has 4 nitrogen and oxygen atoms in total. The van der Waals surface area contributed by atoms with Crippen molar-refractivity contribution in [2.45, 2.75) is 19.4 Å². The molecule has 0 saturated carbocycles. The molecule has 0 aromatic heterocycles. The highest BCUT2D eigenvalue weighted by Crippen LogP contribution is 2.22. The Hall–Kier alpha value is -2.88. The molecular weight excluding hydrogens is 288 g/mol. The number of benzene rings is 2. The minimum absolute atomic E-state index is 0.0658. The molecule has 116 valence electrons. The number of carbonyl (C=O) groups is 1. The van der Waals surface area contributed by atoms with Crippen molar-refractivity contribution in [3.63, 3.8) is 0 Å². The summed E-state index contributed by atoms with van der Waals surface area (Å²) in [5, 5.41) is 13.3. The Labute approximate surface area is 135 Å². The number of aliphatic hydroxyl groups excluding tert-OH is 1. The van der Waals surface area contributed by atoms with Crippen LogP contribution >= 0.6 is 0 Å². The van der Waals surface area contributed by atoms with E-state index in [4.69, 9.17) is 0 Å². The highest BCUT2D eigenvalue weighted by molar-refractivity contribution is 6.23. The number of carbonyl (C=O) groups excluding carboxylic acids is 1. The number of para-hydroxylation sites is 1. The van der Waals surface area contributed by atoms with Gasteiger partial charge in [0.05, 0.1) is 17.4 Å². The molecule has 4 heteroatoms. The first-order valence-corrected chi connectivity index (χ1v) is 7.54. The Morgan fingerprint density at radius 2 is 1.70 bits per heavy atom. The van der Waals surface area contributed by atoms with Crippen LogP contribution in [-0.2, 0) is 11.2 Å². The molecule has 0 fully saturated rings. The van der Waals surface area contributed by atoms with Crippen molar-refractivity contribution in [3.8, 4) is 0 Å². The van der Waals surface area contributed by atoms with E-state index in [-0.39, 0.29) is 17.2 Å². The number of nitrogens with one attached hydrogen (secondary N) is 1. The lowest BCUT2D eigenvalue weighted by atomic mass is 10.0. The van der Waals surface area contributed by atoms with E-state index in [0.29, 0.717) is 12.1 Å². The summed E-state index contributed by atoms with van der Waals surface area (Å²) in [5.74, 6) is -0.211. The van der Waals surface area contributed by atoms with Gasteiger partial charge in [-0.15, -0.1) is 0 Å². The second-order valence-electron chi connectivity index (χ2n) is 5.51. The fraction of sp³-hybridized carbons (Fsp3) is 0.158. The van der Waals surface area contributed by atoms with Gasteiger partial charge in [-0.1, -0.05) is 48.5 Å². The van der Waals surface area contributed by atoms with Crippen LogP contribution in [0.3, 0.4) is 0 Å². The third-order valence-corrected chi connectivity index (χ3v) is 3.82. The standard InChI is InChI=1S/C19H18N2O2/c1-13(20-15-10-6-3-7-11-15)17-18(22)16(21-19(17)23)12-14-8-4-2-5-9-14/h2-11,16,22H,12H2,1H3,(H,21,23)/t16-/m0/s1. The Balaban J connectivity index is 1.86. The zero-order chi connectivity index (χ0) is 16.2. The average molecular weight is 306 g/mol. The molecule has 3 rings (SSSR count). The van der Waals surface area contributed by atoms with Crippen molar-refractivity contribution in [2.24, 2.45) is 4.99 Å². The van der Waals surface area contributed by atoms with E-state index in [2.05, 4.69) is 10.3 Å². The molecule has 1 heterocycles. The summed E-state index contributed by atoms with van der Waals surface area (Å²) in [4.78, 5) is 16.6. The minimum Gasteiger partial charge on any atom is -0.509 e. The molecule has 1 atom stereocenters. The highest BCUT2D eigenvalue weighted by Gasteiger charge is 2.33. The van der Waals surface area contributed by atoms with Crippen LogP contribution in [0, 0.1) is 0 Å². The van der Waals surface area contributed by atoms with Gasteiger partial charge in [0.2, 0.25) is 0 Å². The van der Waals surface area contributed by atoms with Crippen molar-refractivity contribution in [3.05, 3.63) is 77.6 Å². The first-order valence-electron chi connectivity index (χ1n) is 7.54. The minimum atomic E-state index is -0.402. The fourth-order valence-electron chi connectivity index (χ4n) is 2.69. The van der Waals surface area contributed by atoms with Gasteiger partial charge in [0.25, 0.3) is 5.91 Å². The largest absolute Gasteiger partial charge is 0.509 e. The third kappa shape index (κ3) is 3.31. The molecule has 0 unspecified atom stereocenters. The second-order valence-corrected chi connectivity index (χ2v) is 5.51. The molecule has 1 aliphatic rings. The zero-order valence-corrected chi connectivity index (χ0v) is 12.9. The number of amides is 1. The number of hydrogen-bond donors (Lipinski definition) is 2. The lowest BCUT2D eigenvalue weighted by Gasteiger charge is -2.10. The number of aliphatic hydroxyl groups is 1. The van der Waals surface area contributed by atoms with E-state index in [9.17, 15) is 9.90 Å². The summed E-state index contributed by atoms with van der Waals surface area (Å²) >= 11 is 0. The molecule has 0 aliphatic carbocycles. The number of hydrogen-bond acceptors (Lipinski definition) is 3. The van der Waals surface area contributed by atoms with E-state index in [0.717, 1.165) is 11.3 Å². The van der Waals surface area contributed by atoms with Crippen molar-refractivity contribution in [1.82, 2.24) is 5.32 Å². The summed E-state index contributed by atoms with van der Waals surface area (Å²) in [6.45, 7) is 1.74. The van der Waals surface area contributed by atoms with E-state index < -0.39 is 6.04 Å². The van der Waals surface area contributed by atoms with Gasteiger partial charge >= 0.3 is 0 Å². The van der Waals surface area contributed by atoms with Gasteiger partial charge < -0.3 is 10.4 Å². The van der Waals surface area contributed by atoms with Gasteiger partial charge in [-0.05, 0) is 31.0 Å². The van der Waals surface area contributed by atoms with Crippen LogP contribution in [-0.4, -0.2) is 22.8 Å². The molecule has 1 amide bonds. The molecule has 0 spiro atoms. The normalized spacial score (nSPS) is 18.2. The van der Waals surface area contributed by atoms with E-state index in [1.54, 1.807) is 6.92 Å². The van der Waals surface area contributed by atoms with Gasteiger partial charge in [0.1, 0.15) is 11.3 Å². The van der Waals surface area contributed by atoms with E-state index in [1.165, 1.54) is 0 Å². The lowest BCUT2D eigenvalue weighted by Crippen LogP contribution is -2.31. The first kappa shape index (κ1) is 15.0. The van der Waals surface area contributed by atoms with Crippen LogP contribution in [0.15, 0.2) is 77.0 Å². The van der Waals surface area contributed by atoms with Crippen molar-refractivity contribution < 1.29 is 9.90 Å². The van der Waals surface area contributed by atoms with Crippen LogP contribution in [0.5, 0.6) is 0 Å². The molecule has 2 aromatic carbocycles. The average Bonchev–Trinajstić information content (AvgIpc) is 2.83. The van der Waals surface area contributed by atoms with Gasteiger partial charge in [-0.2, -0.15) is 0 Å². The van der Waals surface area contributed by atoms with Crippen LogP contribution in [0.25, 0.3) is 0 Å². The Bertz CT molecular complexity index is 764. The van der Waals surface area contributed by atoms with Crippen LogP contribution in [0.1, 0.15) is 12.5 Å². The summed E-state index contributed by atoms with van der Waals surface area (Å²) in [6.07, 6.45) is 0.556. The van der Waals surface area contributed by atoms with Crippen LogP contribution in [0.2, 0.25) is 0 Å². The quantitative estimate of drug-likeness (QED) is 0.851. The number of rotatable bonds is 4. The number of aliphatic imine (C=N–C) groups is 1. The van der Waals surface area contributed by atoms with Crippen molar-refractivity contribution in [1.29, 1.82) is 0 Å².